The van der Waals surface area contributed by atoms with Gasteiger partial charge in [-0.3, -0.25) is 9.59 Å². The Morgan fingerprint density at radius 3 is 2.61 bits per heavy atom. The number of amides is 2. The zero-order valence-electron chi connectivity index (χ0n) is 13.1. The Morgan fingerprint density at radius 1 is 1.30 bits per heavy atom. The molecule has 1 aromatic rings. The number of hydrogen-bond donors (Lipinski definition) is 1. The predicted molar refractivity (Wildman–Crippen MR) is 90.8 cm³/mol. The highest BCUT2D eigenvalue weighted by Crippen LogP contribution is 2.45. The van der Waals surface area contributed by atoms with Gasteiger partial charge >= 0.3 is 0 Å². The topological polar surface area (TPSA) is 49.4 Å². The zero-order valence-corrected chi connectivity index (χ0v) is 14.6. The first kappa shape index (κ1) is 16.6. The number of nitrogens with one attached hydrogen (secondary N) is 1. The molecule has 0 radical (unpaired) electrons. The molecule has 1 N–H and O–H groups in total. The van der Waals surface area contributed by atoms with Crippen molar-refractivity contribution in [2.75, 3.05) is 13.6 Å². The van der Waals surface area contributed by atoms with Crippen LogP contribution < -0.4 is 5.32 Å². The maximum absolute atomic E-state index is 12.9. The van der Waals surface area contributed by atoms with E-state index in [1.54, 1.807) is 24.1 Å². The third kappa shape index (κ3) is 3.07. The Labute approximate surface area is 146 Å². The minimum atomic E-state index is -0.527. The Morgan fingerprint density at radius 2 is 2.04 bits per heavy atom. The third-order valence-electron chi connectivity index (χ3n) is 5.11. The van der Waals surface area contributed by atoms with Crippen molar-refractivity contribution in [3.05, 3.63) is 33.8 Å². The van der Waals surface area contributed by atoms with E-state index in [9.17, 15) is 9.59 Å². The van der Waals surface area contributed by atoms with E-state index < -0.39 is 5.41 Å². The molecule has 1 saturated heterocycles. The zero-order chi connectivity index (χ0) is 16.6. The molecule has 0 aromatic heterocycles. The first-order valence-electron chi connectivity index (χ1n) is 7.93. The van der Waals surface area contributed by atoms with Crippen molar-refractivity contribution >= 4 is 35.0 Å². The van der Waals surface area contributed by atoms with Crippen LogP contribution in [-0.2, 0) is 15.0 Å². The molecule has 1 heterocycles. The quantitative estimate of drug-likeness (QED) is 0.906. The molecule has 0 bridgehead atoms. The molecule has 0 spiro atoms. The molecule has 1 saturated carbocycles. The summed E-state index contributed by atoms with van der Waals surface area (Å²) in [5.74, 6) is 0.0863. The molecule has 2 fully saturated rings. The van der Waals surface area contributed by atoms with Crippen LogP contribution in [0.15, 0.2) is 18.2 Å². The smallest absolute Gasteiger partial charge is 0.230 e. The number of halogens is 2. The van der Waals surface area contributed by atoms with Crippen molar-refractivity contribution in [3.63, 3.8) is 0 Å². The minimum Gasteiger partial charge on any atom is -0.352 e. The van der Waals surface area contributed by atoms with Crippen LogP contribution in [-0.4, -0.2) is 36.3 Å². The molecule has 4 nitrogen and oxygen atoms in total. The van der Waals surface area contributed by atoms with Gasteiger partial charge in [-0.05, 0) is 37.0 Å². The second kappa shape index (κ2) is 6.33. The maximum Gasteiger partial charge on any atom is 0.230 e. The van der Waals surface area contributed by atoms with Gasteiger partial charge in [-0.15, -0.1) is 0 Å². The fraction of sp³-hybridized carbons (Fsp3) is 0.529. The Bertz CT molecular complexity index is 643. The van der Waals surface area contributed by atoms with Crippen molar-refractivity contribution in [2.45, 2.75) is 43.6 Å². The van der Waals surface area contributed by atoms with Crippen molar-refractivity contribution in [3.8, 4) is 0 Å². The van der Waals surface area contributed by atoms with Crippen LogP contribution in [0.4, 0.5) is 0 Å². The molecule has 3 rings (SSSR count). The van der Waals surface area contributed by atoms with E-state index in [0.717, 1.165) is 31.2 Å². The number of carbonyl (C=O) groups is 2. The molecular formula is C17H20Cl2N2O2. The largest absolute Gasteiger partial charge is 0.352 e. The van der Waals surface area contributed by atoms with E-state index in [1.165, 1.54) is 0 Å². The van der Waals surface area contributed by atoms with Crippen LogP contribution >= 0.6 is 23.2 Å². The second-order valence-corrected chi connectivity index (χ2v) is 7.36. The molecule has 1 unspecified atom stereocenters. The van der Waals surface area contributed by atoms with E-state index in [1.807, 2.05) is 6.07 Å². The highest BCUT2D eigenvalue weighted by molar-refractivity contribution is 6.42. The van der Waals surface area contributed by atoms with Gasteiger partial charge in [0.15, 0.2) is 0 Å². The summed E-state index contributed by atoms with van der Waals surface area (Å²) in [6.07, 6.45) is 3.79. The SMILES string of the molecule is CN1CCC(NC(=O)C2(c3ccc(Cl)c(Cl)c3)CCC2)CC1=O. The van der Waals surface area contributed by atoms with Crippen molar-refractivity contribution in [1.82, 2.24) is 10.2 Å². The number of likely N-dealkylation sites (tertiary alicyclic amines) is 1. The number of hydrogen-bond acceptors (Lipinski definition) is 2. The van der Waals surface area contributed by atoms with Crippen LogP contribution in [0.2, 0.25) is 10.0 Å². The average molecular weight is 355 g/mol. The van der Waals surface area contributed by atoms with E-state index in [2.05, 4.69) is 5.32 Å². The lowest BCUT2D eigenvalue weighted by Crippen LogP contribution is -2.54. The molecule has 6 heteroatoms. The summed E-state index contributed by atoms with van der Waals surface area (Å²) in [5.41, 5.74) is 0.385. The number of piperidine rings is 1. The predicted octanol–water partition coefficient (Wildman–Crippen LogP) is 3.15. The van der Waals surface area contributed by atoms with Crippen molar-refractivity contribution in [1.29, 1.82) is 0 Å². The normalized spacial score (nSPS) is 23.3. The molecule has 1 aliphatic heterocycles. The summed E-state index contributed by atoms with van der Waals surface area (Å²) in [7, 11) is 1.80. The third-order valence-corrected chi connectivity index (χ3v) is 5.85. The minimum absolute atomic E-state index is 0.00416. The van der Waals surface area contributed by atoms with E-state index >= 15 is 0 Å². The van der Waals surface area contributed by atoms with E-state index in [-0.39, 0.29) is 17.9 Å². The van der Waals surface area contributed by atoms with Crippen molar-refractivity contribution < 1.29 is 9.59 Å². The number of benzene rings is 1. The van der Waals surface area contributed by atoms with Gasteiger partial charge in [-0.2, -0.15) is 0 Å². The lowest BCUT2D eigenvalue weighted by molar-refractivity contribution is -0.135. The van der Waals surface area contributed by atoms with Gasteiger partial charge in [-0.25, -0.2) is 0 Å². The number of carbonyl (C=O) groups excluding carboxylic acids is 2. The molecule has 1 aliphatic carbocycles. The van der Waals surface area contributed by atoms with Gasteiger partial charge in [0.1, 0.15) is 0 Å². The van der Waals surface area contributed by atoms with Crippen molar-refractivity contribution in [2.24, 2.45) is 0 Å². The summed E-state index contributed by atoms with van der Waals surface area (Å²) in [6, 6.07) is 5.34. The summed E-state index contributed by atoms with van der Waals surface area (Å²) in [6.45, 7) is 0.684. The Balaban J connectivity index is 1.76. The van der Waals surface area contributed by atoms with Crippen LogP contribution in [0.5, 0.6) is 0 Å². The molecule has 2 aliphatic rings. The lowest BCUT2D eigenvalue weighted by Gasteiger charge is -2.42. The standard InChI is InChI=1S/C17H20Cl2N2O2/c1-21-8-5-12(10-15(21)22)20-16(23)17(6-2-7-17)11-3-4-13(18)14(19)9-11/h3-4,9,12H,2,5-8,10H2,1H3,(H,20,23). The molecule has 23 heavy (non-hydrogen) atoms. The molecule has 2 amide bonds. The molecule has 1 atom stereocenters. The Hall–Kier alpha value is -1.26. The molecular weight excluding hydrogens is 335 g/mol. The van der Waals surface area contributed by atoms with Gasteiger partial charge in [0, 0.05) is 26.1 Å². The van der Waals surface area contributed by atoms with Gasteiger partial charge in [0.25, 0.3) is 0 Å². The average Bonchev–Trinajstić information content (AvgIpc) is 2.45. The summed E-state index contributed by atoms with van der Waals surface area (Å²) in [5, 5.41) is 4.04. The van der Waals surface area contributed by atoms with Gasteiger partial charge in [-0.1, -0.05) is 35.7 Å². The fourth-order valence-corrected chi connectivity index (χ4v) is 3.66. The number of nitrogens with zero attached hydrogens (tertiary/aromatic N) is 1. The Kier molecular flexibility index (Phi) is 4.56. The van der Waals surface area contributed by atoms with E-state index in [0.29, 0.717) is 23.0 Å². The summed E-state index contributed by atoms with van der Waals surface area (Å²) in [4.78, 5) is 26.4. The molecule has 124 valence electrons. The van der Waals surface area contributed by atoms with Crippen LogP contribution in [0.1, 0.15) is 37.7 Å². The first-order valence-corrected chi connectivity index (χ1v) is 8.68. The van der Waals surface area contributed by atoms with Gasteiger partial charge in [0.2, 0.25) is 11.8 Å². The monoisotopic (exact) mass is 354 g/mol. The second-order valence-electron chi connectivity index (χ2n) is 6.54. The van der Waals surface area contributed by atoms with E-state index in [4.69, 9.17) is 23.2 Å². The fourth-order valence-electron chi connectivity index (χ4n) is 3.36. The van der Waals surface area contributed by atoms with Crippen LogP contribution in [0.3, 0.4) is 0 Å². The highest BCUT2D eigenvalue weighted by Gasteiger charge is 2.46. The molecule has 1 aromatic carbocycles. The van der Waals surface area contributed by atoms with Crippen LogP contribution in [0.25, 0.3) is 0 Å². The van der Waals surface area contributed by atoms with Crippen LogP contribution in [0, 0.1) is 0 Å². The van der Waals surface area contributed by atoms with Gasteiger partial charge < -0.3 is 10.2 Å². The summed E-state index contributed by atoms with van der Waals surface area (Å²) < 4.78 is 0. The maximum atomic E-state index is 12.9. The van der Waals surface area contributed by atoms with Gasteiger partial charge in [0.05, 0.1) is 15.5 Å². The number of rotatable bonds is 3. The summed E-state index contributed by atoms with van der Waals surface area (Å²) >= 11 is 12.1. The first-order chi connectivity index (χ1) is 10.9. The lowest BCUT2D eigenvalue weighted by atomic mass is 9.63. The highest BCUT2D eigenvalue weighted by atomic mass is 35.5.